The lowest BCUT2D eigenvalue weighted by atomic mass is 10.1. The van der Waals surface area contributed by atoms with Crippen LogP contribution in [0.2, 0.25) is 0 Å². The molecule has 1 aliphatic rings. The van der Waals surface area contributed by atoms with Gasteiger partial charge in [-0.2, -0.15) is 5.21 Å². The van der Waals surface area contributed by atoms with Gasteiger partial charge in [-0.25, -0.2) is 0 Å². The fourth-order valence-corrected chi connectivity index (χ4v) is 2.93. The number of H-pyrrole nitrogens is 1. The van der Waals surface area contributed by atoms with Gasteiger partial charge in [0, 0.05) is 35.5 Å². The SMILES string of the molecule is O=C(Nc1ccc(N2CCCC2=O)cc1)c1cccc(-c2nn[nH]n2)c1. The summed E-state index contributed by atoms with van der Waals surface area (Å²) in [7, 11) is 0. The van der Waals surface area contributed by atoms with Crippen LogP contribution in [0, 0.1) is 0 Å². The third kappa shape index (κ3) is 3.16. The molecular weight excluding hydrogens is 332 g/mol. The molecular formula is C18H16N6O2. The number of amides is 2. The molecule has 4 rings (SSSR count). The van der Waals surface area contributed by atoms with Gasteiger partial charge in [0.15, 0.2) is 0 Å². The molecule has 2 N–H and O–H groups in total. The summed E-state index contributed by atoms with van der Waals surface area (Å²) in [5, 5.41) is 16.6. The van der Waals surface area contributed by atoms with E-state index in [2.05, 4.69) is 25.9 Å². The first-order valence-electron chi connectivity index (χ1n) is 8.26. The van der Waals surface area contributed by atoms with Crippen molar-refractivity contribution in [3.05, 3.63) is 54.1 Å². The lowest BCUT2D eigenvalue weighted by molar-refractivity contribution is -0.117. The molecule has 2 aromatic carbocycles. The maximum atomic E-state index is 12.5. The van der Waals surface area contributed by atoms with Gasteiger partial charge in [0.25, 0.3) is 5.91 Å². The molecule has 8 nitrogen and oxygen atoms in total. The van der Waals surface area contributed by atoms with Crippen LogP contribution in [0.5, 0.6) is 0 Å². The summed E-state index contributed by atoms with van der Waals surface area (Å²) in [5.74, 6) is 0.333. The summed E-state index contributed by atoms with van der Waals surface area (Å²) in [6, 6.07) is 14.3. The largest absolute Gasteiger partial charge is 0.322 e. The zero-order valence-electron chi connectivity index (χ0n) is 13.8. The van der Waals surface area contributed by atoms with Gasteiger partial charge in [0.1, 0.15) is 0 Å². The second kappa shape index (κ2) is 6.75. The number of benzene rings is 2. The fraction of sp³-hybridized carbons (Fsp3) is 0.167. The van der Waals surface area contributed by atoms with Crippen LogP contribution in [0.4, 0.5) is 11.4 Å². The highest BCUT2D eigenvalue weighted by atomic mass is 16.2. The Labute approximate surface area is 149 Å². The molecule has 26 heavy (non-hydrogen) atoms. The van der Waals surface area contributed by atoms with Crippen molar-refractivity contribution in [2.45, 2.75) is 12.8 Å². The maximum Gasteiger partial charge on any atom is 0.255 e. The maximum absolute atomic E-state index is 12.5. The van der Waals surface area contributed by atoms with E-state index in [0.717, 1.165) is 18.7 Å². The van der Waals surface area contributed by atoms with Gasteiger partial charge >= 0.3 is 0 Å². The molecule has 0 atom stereocenters. The van der Waals surface area contributed by atoms with Crippen molar-refractivity contribution < 1.29 is 9.59 Å². The minimum absolute atomic E-state index is 0.139. The number of rotatable bonds is 4. The van der Waals surface area contributed by atoms with E-state index in [1.165, 1.54) is 0 Å². The average molecular weight is 348 g/mol. The van der Waals surface area contributed by atoms with Crippen LogP contribution in [0.1, 0.15) is 23.2 Å². The molecule has 0 aliphatic carbocycles. The molecule has 8 heteroatoms. The van der Waals surface area contributed by atoms with Gasteiger partial charge in [-0.3, -0.25) is 9.59 Å². The molecule has 130 valence electrons. The van der Waals surface area contributed by atoms with Crippen LogP contribution in [0.25, 0.3) is 11.4 Å². The van der Waals surface area contributed by atoms with Gasteiger partial charge < -0.3 is 10.2 Å². The molecule has 0 saturated carbocycles. The van der Waals surface area contributed by atoms with Crippen LogP contribution >= 0.6 is 0 Å². The molecule has 1 fully saturated rings. The number of nitrogens with one attached hydrogen (secondary N) is 2. The van der Waals surface area contributed by atoms with Gasteiger partial charge in [-0.05, 0) is 48.0 Å². The third-order valence-corrected chi connectivity index (χ3v) is 4.24. The van der Waals surface area contributed by atoms with Crippen molar-refractivity contribution in [2.75, 3.05) is 16.8 Å². The number of aromatic amines is 1. The Bertz CT molecular complexity index is 937. The number of nitrogens with zero attached hydrogens (tertiary/aromatic N) is 4. The topological polar surface area (TPSA) is 104 Å². The molecule has 3 aromatic rings. The Morgan fingerprint density at radius 3 is 2.69 bits per heavy atom. The van der Waals surface area contributed by atoms with Gasteiger partial charge in [-0.1, -0.05) is 12.1 Å². The molecule has 2 heterocycles. The van der Waals surface area contributed by atoms with Gasteiger partial charge in [0.05, 0.1) is 0 Å². The average Bonchev–Trinajstić information content (AvgIpc) is 3.34. The van der Waals surface area contributed by atoms with Crippen molar-refractivity contribution in [3.63, 3.8) is 0 Å². The standard InChI is InChI=1S/C18H16N6O2/c25-16-5-2-10-24(16)15-8-6-14(7-9-15)19-18(26)13-4-1-3-12(11-13)17-20-22-23-21-17/h1,3-4,6-9,11H,2,5,10H2,(H,19,26)(H,20,21,22,23). The van der Waals surface area contributed by atoms with Gasteiger partial charge in [0.2, 0.25) is 11.7 Å². The summed E-state index contributed by atoms with van der Waals surface area (Å²) in [5.41, 5.74) is 2.71. The molecule has 0 unspecified atom stereocenters. The number of hydrogen-bond donors (Lipinski definition) is 2. The van der Waals surface area contributed by atoms with Crippen LogP contribution in [0.3, 0.4) is 0 Å². The van der Waals surface area contributed by atoms with Crippen LogP contribution in [-0.2, 0) is 4.79 Å². The van der Waals surface area contributed by atoms with Crippen LogP contribution < -0.4 is 10.2 Å². The van der Waals surface area contributed by atoms with E-state index in [0.29, 0.717) is 29.1 Å². The third-order valence-electron chi connectivity index (χ3n) is 4.24. The quantitative estimate of drug-likeness (QED) is 0.752. The lowest BCUT2D eigenvalue weighted by Gasteiger charge is -2.16. The van der Waals surface area contributed by atoms with E-state index in [1.807, 2.05) is 18.2 Å². The minimum atomic E-state index is -0.236. The molecule has 0 radical (unpaired) electrons. The van der Waals surface area contributed by atoms with Gasteiger partial charge in [-0.15, -0.1) is 10.2 Å². The van der Waals surface area contributed by atoms with Crippen molar-refractivity contribution in [1.29, 1.82) is 0 Å². The van der Waals surface area contributed by atoms with E-state index in [9.17, 15) is 9.59 Å². The fourth-order valence-electron chi connectivity index (χ4n) is 2.93. The Kier molecular flexibility index (Phi) is 4.14. The van der Waals surface area contributed by atoms with Crippen LogP contribution in [0.15, 0.2) is 48.5 Å². The highest BCUT2D eigenvalue weighted by Crippen LogP contribution is 2.23. The summed E-state index contributed by atoms with van der Waals surface area (Å²) in [6.07, 6.45) is 1.48. The molecule has 2 amide bonds. The highest BCUT2D eigenvalue weighted by Gasteiger charge is 2.21. The molecule has 1 aromatic heterocycles. The Morgan fingerprint density at radius 2 is 2.00 bits per heavy atom. The van der Waals surface area contributed by atoms with Crippen LogP contribution in [-0.4, -0.2) is 39.0 Å². The number of carbonyl (C=O) groups excluding carboxylic acids is 2. The summed E-state index contributed by atoms with van der Waals surface area (Å²) >= 11 is 0. The zero-order chi connectivity index (χ0) is 17.9. The van der Waals surface area contributed by atoms with E-state index in [4.69, 9.17) is 0 Å². The number of anilines is 2. The number of tetrazole rings is 1. The summed E-state index contributed by atoms with van der Waals surface area (Å²) in [6.45, 7) is 0.743. The van der Waals surface area contributed by atoms with Crippen molar-refractivity contribution >= 4 is 23.2 Å². The van der Waals surface area contributed by atoms with Crippen molar-refractivity contribution in [2.24, 2.45) is 0 Å². The number of aromatic nitrogens is 4. The Balaban J connectivity index is 1.48. The molecule has 1 aliphatic heterocycles. The Hall–Kier alpha value is -3.55. The predicted molar refractivity (Wildman–Crippen MR) is 95.6 cm³/mol. The van der Waals surface area contributed by atoms with E-state index >= 15 is 0 Å². The molecule has 1 saturated heterocycles. The first-order chi connectivity index (χ1) is 12.7. The lowest BCUT2D eigenvalue weighted by Crippen LogP contribution is -2.23. The number of hydrogen-bond acceptors (Lipinski definition) is 5. The molecule has 0 bridgehead atoms. The highest BCUT2D eigenvalue weighted by molar-refractivity contribution is 6.05. The second-order valence-electron chi connectivity index (χ2n) is 5.97. The summed E-state index contributed by atoms with van der Waals surface area (Å²) in [4.78, 5) is 26.0. The number of carbonyl (C=O) groups is 2. The normalized spacial score (nSPS) is 13.8. The van der Waals surface area contributed by atoms with Crippen molar-refractivity contribution in [1.82, 2.24) is 20.6 Å². The second-order valence-corrected chi connectivity index (χ2v) is 5.97. The van der Waals surface area contributed by atoms with Crippen molar-refractivity contribution in [3.8, 4) is 11.4 Å². The van der Waals surface area contributed by atoms with E-state index < -0.39 is 0 Å². The first kappa shape index (κ1) is 15.9. The molecule has 0 spiro atoms. The first-order valence-corrected chi connectivity index (χ1v) is 8.26. The Morgan fingerprint density at radius 1 is 1.15 bits per heavy atom. The van der Waals surface area contributed by atoms with E-state index in [-0.39, 0.29) is 11.8 Å². The monoisotopic (exact) mass is 348 g/mol. The minimum Gasteiger partial charge on any atom is -0.322 e. The predicted octanol–water partition coefficient (Wildman–Crippen LogP) is 2.25. The summed E-state index contributed by atoms with van der Waals surface area (Å²) < 4.78 is 0. The van der Waals surface area contributed by atoms with E-state index in [1.54, 1.807) is 35.2 Å². The zero-order valence-corrected chi connectivity index (χ0v) is 13.8. The smallest absolute Gasteiger partial charge is 0.255 e.